The minimum absolute atomic E-state index is 0.0316. The molecule has 2 aliphatic heterocycles. The molecular formula is C18H30BNO6. The van der Waals surface area contributed by atoms with Gasteiger partial charge in [0.25, 0.3) is 0 Å². The van der Waals surface area contributed by atoms with Gasteiger partial charge < -0.3 is 19.2 Å². The standard InChI is InChI=1S/C18H30BNO6/c1-7-9-18(14(21)24-6)11-13(12-20(18)15(22)23)8-10-19-25-16(2,3)17(4,5)26-19/h7,13H,1,8-12H2,2-6H3,(H,22,23). The van der Waals surface area contributed by atoms with Gasteiger partial charge in [-0.05, 0) is 52.8 Å². The van der Waals surface area contributed by atoms with Gasteiger partial charge in [-0.2, -0.15) is 0 Å². The van der Waals surface area contributed by atoms with Crippen molar-refractivity contribution in [3.05, 3.63) is 12.7 Å². The molecule has 1 amide bonds. The molecule has 2 fully saturated rings. The molecule has 0 bridgehead atoms. The van der Waals surface area contributed by atoms with Gasteiger partial charge in [0.05, 0.1) is 18.3 Å². The number of hydrogen-bond acceptors (Lipinski definition) is 5. The molecule has 2 heterocycles. The van der Waals surface area contributed by atoms with Crippen molar-refractivity contribution in [1.82, 2.24) is 4.90 Å². The van der Waals surface area contributed by atoms with Crippen molar-refractivity contribution in [2.75, 3.05) is 13.7 Å². The van der Waals surface area contributed by atoms with Crippen molar-refractivity contribution in [3.63, 3.8) is 0 Å². The maximum Gasteiger partial charge on any atom is 0.457 e. The molecule has 0 radical (unpaired) electrons. The summed E-state index contributed by atoms with van der Waals surface area (Å²) in [6.45, 7) is 12.0. The van der Waals surface area contributed by atoms with Crippen LogP contribution in [0.25, 0.3) is 0 Å². The molecule has 0 saturated carbocycles. The first-order valence-corrected chi connectivity index (χ1v) is 9.04. The Balaban J connectivity index is 2.07. The number of carboxylic acid groups (broad SMARTS) is 1. The van der Waals surface area contributed by atoms with Crippen LogP contribution in [0.4, 0.5) is 4.79 Å². The summed E-state index contributed by atoms with van der Waals surface area (Å²) in [5, 5.41) is 9.59. The summed E-state index contributed by atoms with van der Waals surface area (Å²) in [5.41, 5.74) is -1.97. The van der Waals surface area contributed by atoms with Crippen molar-refractivity contribution in [2.24, 2.45) is 5.92 Å². The predicted molar refractivity (Wildman–Crippen MR) is 97.9 cm³/mol. The van der Waals surface area contributed by atoms with Crippen molar-refractivity contribution in [1.29, 1.82) is 0 Å². The number of methoxy groups -OCH3 is 1. The molecule has 7 nitrogen and oxygen atoms in total. The Hall–Kier alpha value is -1.54. The molecular weight excluding hydrogens is 337 g/mol. The van der Waals surface area contributed by atoms with Gasteiger partial charge >= 0.3 is 19.2 Å². The van der Waals surface area contributed by atoms with Gasteiger partial charge in [-0.1, -0.05) is 12.5 Å². The zero-order chi connectivity index (χ0) is 19.8. The minimum Gasteiger partial charge on any atom is -0.467 e. The van der Waals surface area contributed by atoms with Crippen molar-refractivity contribution in [3.8, 4) is 0 Å². The quantitative estimate of drug-likeness (QED) is 0.441. The summed E-state index contributed by atoms with van der Waals surface area (Å²) in [6, 6.07) is 0. The van der Waals surface area contributed by atoms with E-state index in [9.17, 15) is 14.7 Å². The minimum atomic E-state index is -1.19. The van der Waals surface area contributed by atoms with Crippen LogP contribution < -0.4 is 0 Å². The molecule has 2 rings (SSSR count). The number of carbonyl (C=O) groups excluding carboxylic acids is 1. The summed E-state index contributed by atoms with van der Waals surface area (Å²) in [6.07, 6.45) is 2.46. The van der Waals surface area contributed by atoms with E-state index >= 15 is 0 Å². The van der Waals surface area contributed by atoms with E-state index in [1.54, 1.807) is 6.08 Å². The fourth-order valence-corrected chi connectivity index (χ4v) is 3.89. The van der Waals surface area contributed by atoms with E-state index in [0.29, 0.717) is 19.2 Å². The van der Waals surface area contributed by atoms with E-state index in [4.69, 9.17) is 14.0 Å². The van der Waals surface area contributed by atoms with E-state index < -0.39 is 17.6 Å². The van der Waals surface area contributed by atoms with Crippen LogP contribution in [-0.2, 0) is 18.8 Å². The molecule has 2 aliphatic rings. The average molecular weight is 367 g/mol. The first-order valence-electron chi connectivity index (χ1n) is 9.04. The monoisotopic (exact) mass is 367 g/mol. The number of amides is 1. The fraction of sp³-hybridized carbons (Fsp3) is 0.778. The lowest BCUT2D eigenvalue weighted by Crippen LogP contribution is -2.52. The lowest BCUT2D eigenvalue weighted by atomic mass is 9.78. The molecule has 2 unspecified atom stereocenters. The molecule has 26 heavy (non-hydrogen) atoms. The first kappa shape index (κ1) is 20.8. The summed E-state index contributed by atoms with van der Waals surface area (Å²) in [7, 11) is 0.955. The first-order chi connectivity index (χ1) is 12.0. The van der Waals surface area contributed by atoms with Crippen molar-refractivity contribution < 1.29 is 28.7 Å². The second-order valence-corrected chi connectivity index (χ2v) is 8.24. The van der Waals surface area contributed by atoms with E-state index in [-0.39, 0.29) is 37.2 Å². The van der Waals surface area contributed by atoms with E-state index in [1.165, 1.54) is 12.0 Å². The molecule has 8 heteroatoms. The van der Waals surface area contributed by atoms with Crippen LogP contribution >= 0.6 is 0 Å². The summed E-state index contributed by atoms with van der Waals surface area (Å²) in [5.74, 6) is -0.498. The van der Waals surface area contributed by atoms with Gasteiger partial charge in [0.15, 0.2) is 0 Å². The molecule has 146 valence electrons. The van der Waals surface area contributed by atoms with Crippen LogP contribution in [0.1, 0.15) is 47.0 Å². The number of esters is 1. The molecule has 0 spiro atoms. The van der Waals surface area contributed by atoms with Crippen LogP contribution in [0.5, 0.6) is 0 Å². The lowest BCUT2D eigenvalue weighted by Gasteiger charge is -2.32. The molecule has 0 aromatic carbocycles. The molecule has 0 aromatic rings. The van der Waals surface area contributed by atoms with Crippen LogP contribution in [0.2, 0.25) is 6.32 Å². The lowest BCUT2D eigenvalue weighted by molar-refractivity contribution is -0.152. The topological polar surface area (TPSA) is 85.3 Å². The van der Waals surface area contributed by atoms with Crippen molar-refractivity contribution in [2.45, 2.75) is 70.0 Å². The van der Waals surface area contributed by atoms with Crippen LogP contribution in [0.3, 0.4) is 0 Å². The Morgan fingerprint density at radius 2 is 1.88 bits per heavy atom. The van der Waals surface area contributed by atoms with Gasteiger partial charge in [0.2, 0.25) is 0 Å². The number of nitrogens with zero attached hydrogens (tertiary/aromatic N) is 1. The van der Waals surface area contributed by atoms with Crippen LogP contribution in [-0.4, -0.2) is 59.6 Å². The number of carbonyl (C=O) groups is 2. The van der Waals surface area contributed by atoms with E-state index in [1.807, 2.05) is 27.7 Å². The van der Waals surface area contributed by atoms with Crippen molar-refractivity contribution >= 4 is 19.2 Å². The molecule has 0 aliphatic carbocycles. The molecule has 1 N–H and O–H groups in total. The third kappa shape index (κ3) is 3.62. The fourth-order valence-electron chi connectivity index (χ4n) is 3.89. The summed E-state index contributed by atoms with van der Waals surface area (Å²) >= 11 is 0. The summed E-state index contributed by atoms with van der Waals surface area (Å²) in [4.78, 5) is 25.3. The van der Waals surface area contributed by atoms with E-state index in [0.717, 1.165) is 0 Å². The second-order valence-electron chi connectivity index (χ2n) is 8.24. The number of likely N-dealkylation sites (tertiary alicyclic amines) is 1. The zero-order valence-corrected chi connectivity index (χ0v) is 16.4. The largest absolute Gasteiger partial charge is 0.467 e. The van der Waals surface area contributed by atoms with E-state index in [2.05, 4.69) is 6.58 Å². The van der Waals surface area contributed by atoms with Gasteiger partial charge in [-0.25, -0.2) is 9.59 Å². The Morgan fingerprint density at radius 3 is 2.35 bits per heavy atom. The van der Waals surface area contributed by atoms with Gasteiger partial charge in [0, 0.05) is 6.54 Å². The predicted octanol–water partition coefficient (Wildman–Crippen LogP) is 2.96. The normalized spacial score (nSPS) is 29.7. The third-order valence-electron chi connectivity index (χ3n) is 5.97. The van der Waals surface area contributed by atoms with Crippen LogP contribution in [0.15, 0.2) is 12.7 Å². The Labute approximate surface area is 155 Å². The SMILES string of the molecule is C=CCC1(C(=O)OC)CC(CCB2OC(C)(C)C(C)(C)O2)CN1C(=O)O. The number of rotatable bonds is 6. The molecule has 2 saturated heterocycles. The Bertz CT molecular complexity index is 562. The highest BCUT2D eigenvalue weighted by molar-refractivity contribution is 6.45. The second kappa shape index (κ2) is 7.23. The highest BCUT2D eigenvalue weighted by Crippen LogP contribution is 2.42. The Morgan fingerprint density at radius 1 is 1.31 bits per heavy atom. The Kier molecular flexibility index (Phi) is 5.78. The maximum atomic E-state index is 12.4. The zero-order valence-electron chi connectivity index (χ0n) is 16.4. The van der Waals surface area contributed by atoms with Gasteiger partial charge in [-0.15, -0.1) is 6.58 Å². The molecule has 2 atom stereocenters. The highest BCUT2D eigenvalue weighted by Gasteiger charge is 2.55. The van der Waals surface area contributed by atoms with Crippen LogP contribution in [0, 0.1) is 5.92 Å². The smallest absolute Gasteiger partial charge is 0.457 e. The van der Waals surface area contributed by atoms with Gasteiger partial charge in [0.1, 0.15) is 5.54 Å². The maximum absolute atomic E-state index is 12.4. The third-order valence-corrected chi connectivity index (χ3v) is 5.97. The number of hydrogen-bond donors (Lipinski definition) is 1. The highest BCUT2D eigenvalue weighted by atomic mass is 16.7. The van der Waals surface area contributed by atoms with Gasteiger partial charge in [-0.3, -0.25) is 4.90 Å². The summed E-state index contributed by atoms with van der Waals surface area (Å²) < 4.78 is 16.9. The molecule has 0 aromatic heterocycles. The average Bonchev–Trinajstić information content (AvgIpc) is 3.00. The number of ether oxygens (including phenoxy) is 1.